The Morgan fingerprint density at radius 1 is 1.67 bits per heavy atom. The highest BCUT2D eigenvalue weighted by Gasteiger charge is 2.55. The largest absolute Gasteiger partial charge is 0.467 e. The number of ether oxygens (including phenoxy) is 1. The summed E-state index contributed by atoms with van der Waals surface area (Å²) in [4.78, 5) is 24.4. The van der Waals surface area contributed by atoms with E-state index in [1.165, 1.54) is 0 Å². The highest BCUT2D eigenvalue weighted by atomic mass is 19.1. The summed E-state index contributed by atoms with van der Waals surface area (Å²) in [7, 11) is 0. The van der Waals surface area contributed by atoms with E-state index >= 15 is 0 Å². The highest BCUT2D eigenvalue weighted by Crippen LogP contribution is 2.41. The van der Waals surface area contributed by atoms with Crippen LogP contribution in [0.15, 0.2) is 34.2 Å². The molecule has 2 heterocycles. The number of aromatic nitrogens is 2. The highest BCUT2D eigenvalue weighted by molar-refractivity contribution is 5.25. The van der Waals surface area contributed by atoms with Gasteiger partial charge in [-0.3, -0.25) is 14.3 Å². The van der Waals surface area contributed by atoms with Crippen molar-refractivity contribution in [2.24, 2.45) is 0 Å². The topological polar surface area (TPSA) is 84.3 Å². The Bertz CT molecular complexity index is 656. The van der Waals surface area contributed by atoms with Crippen molar-refractivity contribution in [3.8, 4) is 12.3 Å². The average Bonchev–Trinajstić information content (AvgIpc) is 2.55. The Kier molecular flexibility index (Phi) is 2.60. The summed E-state index contributed by atoms with van der Waals surface area (Å²) in [6.45, 7) is 3.31. The number of nitrogens with one attached hydrogen (secondary N) is 1. The summed E-state index contributed by atoms with van der Waals surface area (Å²) >= 11 is 0. The van der Waals surface area contributed by atoms with Crippen LogP contribution in [0, 0.1) is 12.3 Å². The van der Waals surface area contributed by atoms with Gasteiger partial charge in [0.1, 0.15) is 5.76 Å². The van der Waals surface area contributed by atoms with Gasteiger partial charge in [-0.1, -0.05) is 12.5 Å². The van der Waals surface area contributed by atoms with Crippen molar-refractivity contribution in [1.82, 2.24) is 9.55 Å². The van der Waals surface area contributed by atoms with Crippen molar-refractivity contribution >= 4 is 0 Å². The summed E-state index contributed by atoms with van der Waals surface area (Å²) in [5, 5.41) is 9.56. The van der Waals surface area contributed by atoms with Crippen molar-refractivity contribution in [3.05, 3.63) is 45.4 Å². The Labute approximate surface area is 100 Å². The molecule has 1 aromatic heterocycles. The number of hydrogen-bond donors (Lipinski definition) is 2. The summed E-state index contributed by atoms with van der Waals surface area (Å²) in [5.41, 5.74) is -4.16. The molecule has 0 amide bonds. The predicted molar refractivity (Wildman–Crippen MR) is 59.3 cm³/mol. The number of aliphatic hydroxyl groups is 1. The molecule has 1 saturated heterocycles. The number of terminal acetylenes is 1. The van der Waals surface area contributed by atoms with Crippen molar-refractivity contribution < 1.29 is 14.2 Å². The molecule has 18 heavy (non-hydrogen) atoms. The zero-order chi connectivity index (χ0) is 13.5. The Hall–Kier alpha value is -2.33. The molecule has 0 radical (unpaired) electrons. The SMILES string of the molecule is C#C[C@@]1(F)[C@H](O)C(=C)O[C@H]1n1ccc(=O)[nH]c1=O. The van der Waals surface area contributed by atoms with E-state index in [4.69, 9.17) is 11.2 Å². The fourth-order valence-corrected chi connectivity index (χ4v) is 1.68. The van der Waals surface area contributed by atoms with Gasteiger partial charge < -0.3 is 9.84 Å². The van der Waals surface area contributed by atoms with Crippen molar-refractivity contribution in [1.29, 1.82) is 0 Å². The maximum Gasteiger partial charge on any atom is 0.331 e. The minimum absolute atomic E-state index is 0.279. The first kappa shape index (κ1) is 12.1. The molecule has 1 fully saturated rings. The van der Waals surface area contributed by atoms with Gasteiger partial charge in [0.15, 0.2) is 6.10 Å². The van der Waals surface area contributed by atoms with E-state index in [0.717, 1.165) is 16.8 Å². The smallest absolute Gasteiger partial charge is 0.331 e. The molecule has 3 atom stereocenters. The first-order valence-corrected chi connectivity index (χ1v) is 4.92. The fraction of sp³-hybridized carbons (Fsp3) is 0.273. The molecule has 1 aliphatic rings. The minimum atomic E-state index is -2.63. The maximum atomic E-state index is 14.4. The van der Waals surface area contributed by atoms with Gasteiger partial charge >= 0.3 is 5.69 Å². The molecule has 0 spiro atoms. The number of H-pyrrole nitrogens is 1. The number of hydrogen-bond acceptors (Lipinski definition) is 4. The first-order chi connectivity index (χ1) is 8.40. The number of nitrogens with zero attached hydrogens (tertiary/aromatic N) is 1. The Morgan fingerprint density at radius 3 is 2.89 bits per heavy atom. The number of rotatable bonds is 1. The number of alkyl halides is 1. The van der Waals surface area contributed by atoms with E-state index in [9.17, 15) is 19.1 Å². The lowest BCUT2D eigenvalue weighted by Gasteiger charge is -2.22. The average molecular weight is 252 g/mol. The third-order valence-electron chi connectivity index (χ3n) is 2.65. The molecule has 0 unspecified atom stereocenters. The van der Waals surface area contributed by atoms with E-state index in [2.05, 4.69) is 6.58 Å². The second kappa shape index (κ2) is 3.85. The van der Waals surface area contributed by atoms with Crippen LogP contribution in [0.4, 0.5) is 4.39 Å². The minimum Gasteiger partial charge on any atom is -0.467 e. The normalized spacial score (nSPS) is 30.8. The van der Waals surface area contributed by atoms with Gasteiger partial charge in [-0.2, -0.15) is 0 Å². The van der Waals surface area contributed by atoms with Gasteiger partial charge in [-0.25, -0.2) is 9.18 Å². The zero-order valence-electron chi connectivity index (χ0n) is 9.09. The first-order valence-electron chi connectivity index (χ1n) is 4.92. The van der Waals surface area contributed by atoms with Gasteiger partial charge in [0.25, 0.3) is 11.2 Å². The Morgan fingerprint density at radius 2 is 2.33 bits per heavy atom. The Balaban J connectivity index is 2.58. The van der Waals surface area contributed by atoms with Crippen LogP contribution in [-0.2, 0) is 4.74 Å². The van der Waals surface area contributed by atoms with Crippen LogP contribution in [-0.4, -0.2) is 26.4 Å². The van der Waals surface area contributed by atoms with E-state index in [-0.39, 0.29) is 5.76 Å². The van der Waals surface area contributed by atoms with E-state index in [1.807, 2.05) is 4.98 Å². The lowest BCUT2D eigenvalue weighted by atomic mass is 9.99. The molecule has 0 aromatic carbocycles. The second-order valence-electron chi connectivity index (χ2n) is 3.77. The third kappa shape index (κ3) is 1.55. The maximum absolute atomic E-state index is 14.4. The molecule has 0 bridgehead atoms. The molecule has 2 N–H and O–H groups in total. The summed E-state index contributed by atoms with van der Waals surface area (Å²) in [6.07, 6.45) is 2.75. The van der Waals surface area contributed by atoms with Crippen molar-refractivity contribution in [3.63, 3.8) is 0 Å². The molecule has 2 rings (SSSR count). The molecule has 1 aromatic rings. The molecule has 7 heteroatoms. The lowest BCUT2D eigenvalue weighted by Crippen LogP contribution is -2.43. The number of aromatic amines is 1. The molecule has 0 saturated carbocycles. The molecule has 0 aliphatic carbocycles. The van der Waals surface area contributed by atoms with Gasteiger partial charge in [-0.15, -0.1) is 6.42 Å². The van der Waals surface area contributed by atoms with Crippen LogP contribution >= 0.6 is 0 Å². The number of halogens is 1. The van der Waals surface area contributed by atoms with Crippen molar-refractivity contribution in [2.75, 3.05) is 0 Å². The van der Waals surface area contributed by atoms with E-state index in [1.54, 1.807) is 5.92 Å². The van der Waals surface area contributed by atoms with Crippen LogP contribution in [0.3, 0.4) is 0 Å². The quantitative estimate of drug-likeness (QED) is 0.646. The predicted octanol–water partition coefficient (Wildman–Crippen LogP) is -0.719. The van der Waals surface area contributed by atoms with Crippen LogP contribution in [0.5, 0.6) is 0 Å². The molecule has 94 valence electrons. The molecular formula is C11H9FN2O4. The van der Waals surface area contributed by atoms with Crippen LogP contribution in [0.2, 0.25) is 0 Å². The van der Waals surface area contributed by atoms with Gasteiger partial charge in [0, 0.05) is 12.3 Å². The van der Waals surface area contributed by atoms with E-state index in [0.29, 0.717) is 0 Å². The standard InChI is InChI=1S/C11H9FN2O4/c1-3-11(12)8(16)6(2)18-9(11)14-5-4-7(15)13-10(14)17/h1,4-5,8-9,16H,2H2,(H,13,15,17)/t8-,9-,11-/m1/s1. The second-order valence-corrected chi connectivity index (χ2v) is 3.77. The van der Waals surface area contributed by atoms with Crippen molar-refractivity contribution in [2.45, 2.75) is 18.0 Å². The van der Waals surface area contributed by atoms with Crippen LogP contribution in [0.25, 0.3) is 0 Å². The zero-order valence-corrected chi connectivity index (χ0v) is 9.09. The summed E-state index contributed by atoms with van der Waals surface area (Å²) < 4.78 is 20.1. The van der Waals surface area contributed by atoms with E-state index < -0.39 is 29.2 Å². The molecular weight excluding hydrogens is 243 g/mol. The van der Waals surface area contributed by atoms with Gasteiger partial charge in [-0.05, 0) is 0 Å². The summed E-state index contributed by atoms with van der Waals surface area (Å²) in [6, 6.07) is 1.01. The number of aliphatic hydroxyl groups excluding tert-OH is 1. The summed E-state index contributed by atoms with van der Waals surface area (Å²) in [5.74, 6) is 1.48. The third-order valence-corrected chi connectivity index (χ3v) is 2.65. The molecule has 1 aliphatic heterocycles. The lowest BCUT2D eigenvalue weighted by molar-refractivity contribution is -0.00876. The monoisotopic (exact) mass is 252 g/mol. The fourth-order valence-electron chi connectivity index (χ4n) is 1.68. The van der Waals surface area contributed by atoms with Gasteiger partial charge in [0.05, 0.1) is 0 Å². The van der Waals surface area contributed by atoms with Crippen LogP contribution < -0.4 is 11.2 Å². The van der Waals surface area contributed by atoms with Crippen LogP contribution in [0.1, 0.15) is 6.23 Å². The molecule has 6 nitrogen and oxygen atoms in total. The van der Waals surface area contributed by atoms with Gasteiger partial charge in [0.2, 0.25) is 6.23 Å².